The first-order chi connectivity index (χ1) is 10.3. The molecular weight excluding hydrogens is 282 g/mol. The number of ether oxygens (including phenoxy) is 1. The van der Waals surface area contributed by atoms with Crippen LogP contribution in [0, 0.1) is 0 Å². The van der Waals surface area contributed by atoms with Crippen LogP contribution in [0.5, 0.6) is 0 Å². The molecule has 0 aliphatic carbocycles. The van der Waals surface area contributed by atoms with E-state index in [4.69, 9.17) is 4.74 Å². The average Bonchev–Trinajstić information content (AvgIpc) is 2.98. The van der Waals surface area contributed by atoms with Crippen molar-refractivity contribution < 1.29 is 4.74 Å². The molecule has 2 rings (SSSR count). The van der Waals surface area contributed by atoms with Crippen molar-refractivity contribution in [1.82, 2.24) is 15.5 Å². The lowest BCUT2D eigenvalue weighted by molar-refractivity contribution is 0.199. The standard InChI is InChI=1S/C16H23N3OS/c1-3-14(13-7-5-4-6-8-13)16-19-18-15(21-16)9-10-17-11-12-20-2/h4-8,14,17H,3,9-12H2,1-2H3. The molecule has 1 N–H and O–H groups in total. The summed E-state index contributed by atoms with van der Waals surface area (Å²) in [4.78, 5) is 0. The molecule has 4 nitrogen and oxygen atoms in total. The Kier molecular flexibility index (Phi) is 6.79. The van der Waals surface area contributed by atoms with E-state index in [-0.39, 0.29) is 0 Å². The summed E-state index contributed by atoms with van der Waals surface area (Å²) in [6, 6.07) is 10.6. The Morgan fingerprint density at radius 3 is 2.71 bits per heavy atom. The fourth-order valence-corrected chi connectivity index (χ4v) is 3.30. The molecule has 0 amide bonds. The summed E-state index contributed by atoms with van der Waals surface area (Å²) in [5.74, 6) is 0.360. The van der Waals surface area contributed by atoms with E-state index in [1.165, 1.54) is 5.56 Å². The number of hydrogen-bond acceptors (Lipinski definition) is 5. The Labute approximate surface area is 130 Å². The minimum Gasteiger partial charge on any atom is -0.383 e. The first kappa shape index (κ1) is 16.1. The molecule has 21 heavy (non-hydrogen) atoms. The first-order valence-electron chi connectivity index (χ1n) is 7.42. The van der Waals surface area contributed by atoms with Gasteiger partial charge in [0.05, 0.1) is 6.61 Å². The van der Waals surface area contributed by atoms with E-state index >= 15 is 0 Å². The molecule has 0 saturated carbocycles. The van der Waals surface area contributed by atoms with Gasteiger partial charge < -0.3 is 10.1 Å². The third-order valence-electron chi connectivity index (χ3n) is 3.39. The van der Waals surface area contributed by atoms with Crippen LogP contribution in [0.3, 0.4) is 0 Å². The second-order valence-electron chi connectivity index (χ2n) is 4.90. The van der Waals surface area contributed by atoms with Crippen LogP contribution in [-0.4, -0.2) is 37.0 Å². The number of nitrogens with one attached hydrogen (secondary N) is 1. The van der Waals surface area contributed by atoms with Crippen LogP contribution in [-0.2, 0) is 11.2 Å². The lowest BCUT2D eigenvalue weighted by atomic mass is 9.97. The zero-order chi connectivity index (χ0) is 14.9. The van der Waals surface area contributed by atoms with Gasteiger partial charge in [-0.15, -0.1) is 21.5 Å². The second-order valence-corrected chi connectivity index (χ2v) is 5.99. The van der Waals surface area contributed by atoms with E-state index in [1.54, 1.807) is 18.4 Å². The second kappa shape index (κ2) is 8.87. The topological polar surface area (TPSA) is 47.0 Å². The molecule has 1 heterocycles. The van der Waals surface area contributed by atoms with Crippen molar-refractivity contribution in [2.75, 3.05) is 26.8 Å². The summed E-state index contributed by atoms with van der Waals surface area (Å²) in [6.07, 6.45) is 1.97. The summed E-state index contributed by atoms with van der Waals surface area (Å²) in [5.41, 5.74) is 1.32. The van der Waals surface area contributed by atoms with Crippen molar-refractivity contribution in [2.45, 2.75) is 25.7 Å². The van der Waals surface area contributed by atoms with Crippen molar-refractivity contribution >= 4 is 11.3 Å². The predicted molar refractivity (Wildman–Crippen MR) is 86.9 cm³/mol. The summed E-state index contributed by atoms with van der Waals surface area (Å²) < 4.78 is 5.01. The fraction of sp³-hybridized carbons (Fsp3) is 0.500. The van der Waals surface area contributed by atoms with Gasteiger partial charge in [-0.3, -0.25) is 0 Å². The predicted octanol–water partition coefficient (Wildman–Crippen LogP) is 2.86. The molecule has 0 spiro atoms. The highest BCUT2D eigenvalue weighted by molar-refractivity contribution is 7.11. The van der Waals surface area contributed by atoms with Crippen LogP contribution in [0.25, 0.3) is 0 Å². The van der Waals surface area contributed by atoms with Gasteiger partial charge in [0.2, 0.25) is 0 Å². The Morgan fingerprint density at radius 2 is 2.00 bits per heavy atom. The number of hydrogen-bond donors (Lipinski definition) is 1. The molecule has 0 fully saturated rings. The Morgan fingerprint density at radius 1 is 1.19 bits per heavy atom. The van der Waals surface area contributed by atoms with Gasteiger partial charge in [0.25, 0.3) is 0 Å². The highest BCUT2D eigenvalue weighted by atomic mass is 32.1. The van der Waals surface area contributed by atoms with E-state index in [2.05, 4.69) is 46.7 Å². The van der Waals surface area contributed by atoms with Gasteiger partial charge in [0, 0.05) is 32.5 Å². The molecule has 5 heteroatoms. The molecule has 1 aromatic carbocycles. The molecular formula is C16H23N3OS. The summed E-state index contributed by atoms with van der Waals surface area (Å²) in [6.45, 7) is 4.74. The van der Waals surface area contributed by atoms with E-state index < -0.39 is 0 Å². The molecule has 0 radical (unpaired) electrons. The van der Waals surface area contributed by atoms with Crippen LogP contribution in [0.1, 0.15) is 34.8 Å². The van der Waals surface area contributed by atoms with Crippen LogP contribution in [0.4, 0.5) is 0 Å². The molecule has 0 aliphatic heterocycles. The number of aromatic nitrogens is 2. The molecule has 114 valence electrons. The quantitative estimate of drug-likeness (QED) is 0.724. The van der Waals surface area contributed by atoms with Gasteiger partial charge in [-0.05, 0) is 12.0 Å². The van der Waals surface area contributed by atoms with Crippen molar-refractivity contribution in [3.63, 3.8) is 0 Å². The minimum atomic E-state index is 0.360. The summed E-state index contributed by atoms with van der Waals surface area (Å²) in [7, 11) is 1.72. The lowest BCUT2D eigenvalue weighted by Gasteiger charge is -2.11. The third-order valence-corrected chi connectivity index (χ3v) is 4.49. The van der Waals surface area contributed by atoms with Gasteiger partial charge in [0.15, 0.2) is 0 Å². The highest BCUT2D eigenvalue weighted by Crippen LogP contribution is 2.29. The van der Waals surface area contributed by atoms with Crippen LogP contribution in [0.15, 0.2) is 30.3 Å². The first-order valence-corrected chi connectivity index (χ1v) is 8.23. The van der Waals surface area contributed by atoms with Crippen molar-refractivity contribution in [3.05, 3.63) is 45.9 Å². The Balaban J connectivity index is 1.92. The van der Waals surface area contributed by atoms with Crippen LogP contribution >= 0.6 is 11.3 Å². The molecule has 0 bridgehead atoms. The van der Waals surface area contributed by atoms with E-state index in [0.29, 0.717) is 5.92 Å². The smallest absolute Gasteiger partial charge is 0.124 e. The zero-order valence-corrected chi connectivity index (χ0v) is 13.5. The van der Waals surface area contributed by atoms with E-state index in [9.17, 15) is 0 Å². The maximum atomic E-state index is 5.01. The van der Waals surface area contributed by atoms with Gasteiger partial charge in [-0.2, -0.15) is 0 Å². The van der Waals surface area contributed by atoms with Crippen molar-refractivity contribution in [1.29, 1.82) is 0 Å². The molecule has 0 aliphatic rings. The zero-order valence-electron chi connectivity index (χ0n) is 12.7. The SMILES string of the molecule is CCC(c1ccccc1)c1nnc(CCNCCOC)s1. The molecule has 0 saturated heterocycles. The van der Waals surface area contributed by atoms with Gasteiger partial charge in [0.1, 0.15) is 10.0 Å². The van der Waals surface area contributed by atoms with Crippen molar-refractivity contribution in [2.24, 2.45) is 0 Å². The maximum Gasteiger partial charge on any atom is 0.124 e. The highest BCUT2D eigenvalue weighted by Gasteiger charge is 2.16. The lowest BCUT2D eigenvalue weighted by Crippen LogP contribution is -2.21. The van der Waals surface area contributed by atoms with Gasteiger partial charge in [-0.25, -0.2) is 0 Å². The summed E-state index contributed by atoms with van der Waals surface area (Å²) >= 11 is 1.73. The minimum absolute atomic E-state index is 0.360. The molecule has 1 unspecified atom stereocenters. The fourth-order valence-electron chi connectivity index (χ4n) is 2.24. The number of methoxy groups -OCH3 is 1. The largest absolute Gasteiger partial charge is 0.383 e. The molecule has 1 aromatic heterocycles. The van der Waals surface area contributed by atoms with Gasteiger partial charge in [-0.1, -0.05) is 37.3 Å². The van der Waals surface area contributed by atoms with E-state index in [0.717, 1.165) is 42.6 Å². The maximum absolute atomic E-state index is 5.01. The number of benzene rings is 1. The Hall–Kier alpha value is -1.30. The molecule has 2 aromatic rings. The monoisotopic (exact) mass is 305 g/mol. The van der Waals surface area contributed by atoms with Crippen LogP contribution in [0.2, 0.25) is 0 Å². The Bertz CT molecular complexity index is 515. The summed E-state index contributed by atoms with van der Waals surface area (Å²) in [5, 5.41) is 14.3. The number of rotatable bonds is 9. The average molecular weight is 305 g/mol. The number of nitrogens with zero attached hydrogens (tertiary/aromatic N) is 2. The molecule has 1 atom stereocenters. The normalized spacial score (nSPS) is 12.5. The van der Waals surface area contributed by atoms with Crippen LogP contribution < -0.4 is 5.32 Å². The van der Waals surface area contributed by atoms with Crippen molar-refractivity contribution in [3.8, 4) is 0 Å². The van der Waals surface area contributed by atoms with Gasteiger partial charge >= 0.3 is 0 Å². The van der Waals surface area contributed by atoms with E-state index in [1.807, 2.05) is 6.07 Å². The third kappa shape index (κ3) is 4.88.